The van der Waals surface area contributed by atoms with E-state index in [9.17, 15) is 14.7 Å². The molecule has 3 N–H and O–H groups in total. The molecule has 1 aromatic carbocycles. The molecule has 0 aliphatic carbocycles. The lowest BCUT2D eigenvalue weighted by atomic mass is 10.2. The summed E-state index contributed by atoms with van der Waals surface area (Å²) in [4.78, 5) is 21.9. The lowest BCUT2D eigenvalue weighted by Gasteiger charge is -1.96. The van der Waals surface area contributed by atoms with Crippen LogP contribution in [0.5, 0.6) is 5.75 Å². The normalized spacial score (nSPS) is 17.7. The zero-order valence-electron chi connectivity index (χ0n) is 7.65. The third-order valence-corrected chi connectivity index (χ3v) is 1.90. The van der Waals surface area contributed by atoms with Gasteiger partial charge in [0.25, 0.3) is 5.91 Å². The number of benzene rings is 1. The van der Waals surface area contributed by atoms with Crippen LogP contribution in [0.15, 0.2) is 30.0 Å². The number of phenolic OH excluding ortho intramolecular Hbond substituents is 1. The average molecular weight is 204 g/mol. The standard InChI is InChI=1S/C10H8N2O3/c13-7-3-1-2-6(4-7)5-8-9(14)12-10(15)11-8/h1-5,13H,(H2,11,12,14,15). The summed E-state index contributed by atoms with van der Waals surface area (Å²) in [5.41, 5.74) is 0.813. The number of rotatable bonds is 1. The van der Waals surface area contributed by atoms with Gasteiger partial charge in [-0.3, -0.25) is 10.1 Å². The SMILES string of the molecule is O=C1NC(=O)C(=Cc2cccc(O)c2)N1. The second-order valence-corrected chi connectivity index (χ2v) is 3.06. The summed E-state index contributed by atoms with van der Waals surface area (Å²) in [5, 5.41) is 13.6. The fraction of sp³-hybridized carbons (Fsp3) is 0. The van der Waals surface area contributed by atoms with E-state index in [1.807, 2.05) is 0 Å². The van der Waals surface area contributed by atoms with Crippen molar-refractivity contribution in [1.29, 1.82) is 0 Å². The van der Waals surface area contributed by atoms with E-state index in [0.717, 1.165) is 0 Å². The second-order valence-electron chi connectivity index (χ2n) is 3.06. The number of amides is 3. The summed E-state index contributed by atoms with van der Waals surface area (Å²) >= 11 is 0. The molecule has 1 saturated heterocycles. The Morgan fingerprint density at radius 2 is 2.00 bits per heavy atom. The van der Waals surface area contributed by atoms with E-state index in [1.54, 1.807) is 12.1 Å². The summed E-state index contributed by atoms with van der Waals surface area (Å²) in [6.07, 6.45) is 1.49. The van der Waals surface area contributed by atoms with E-state index in [4.69, 9.17) is 0 Å². The summed E-state index contributed by atoms with van der Waals surface area (Å²) in [6, 6.07) is 5.84. The fourth-order valence-electron chi connectivity index (χ4n) is 1.26. The van der Waals surface area contributed by atoms with Gasteiger partial charge in [0.15, 0.2) is 0 Å². The molecule has 1 aliphatic heterocycles. The first-order chi connectivity index (χ1) is 7.15. The van der Waals surface area contributed by atoms with Crippen LogP contribution in [0.4, 0.5) is 4.79 Å². The predicted molar refractivity (Wildman–Crippen MR) is 52.8 cm³/mol. The Labute approximate surface area is 85.4 Å². The summed E-state index contributed by atoms with van der Waals surface area (Å²) in [6.45, 7) is 0. The minimum Gasteiger partial charge on any atom is -0.508 e. The van der Waals surface area contributed by atoms with Crippen LogP contribution in [0, 0.1) is 0 Å². The van der Waals surface area contributed by atoms with E-state index in [1.165, 1.54) is 18.2 Å². The van der Waals surface area contributed by atoms with Gasteiger partial charge in [0.05, 0.1) is 0 Å². The fourth-order valence-corrected chi connectivity index (χ4v) is 1.26. The minimum absolute atomic E-state index is 0.106. The Hall–Kier alpha value is -2.30. The van der Waals surface area contributed by atoms with Crippen LogP contribution in [0.25, 0.3) is 6.08 Å². The monoisotopic (exact) mass is 204 g/mol. The molecule has 76 valence electrons. The lowest BCUT2D eigenvalue weighted by Crippen LogP contribution is -2.22. The quantitative estimate of drug-likeness (QED) is 0.462. The molecule has 5 nitrogen and oxygen atoms in total. The molecule has 2 rings (SSSR count). The van der Waals surface area contributed by atoms with Gasteiger partial charge in [-0.1, -0.05) is 12.1 Å². The largest absolute Gasteiger partial charge is 0.508 e. The molecule has 1 heterocycles. The van der Waals surface area contributed by atoms with E-state index in [-0.39, 0.29) is 11.4 Å². The molecule has 1 fully saturated rings. The Bertz CT molecular complexity index is 465. The number of hydrogen-bond donors (Lipinski definition) is 3. The number of imide groups is 1. The first kappa shape index (κ1) is 9.26. The summed E-state index contributed by atoms with van der Waals surface area (Å²) in [7, 11) is 0. The molecule has 0 radical (unpaired) electrons. The highest BCUT2D eigenvalue weighted by Crippen LogP contribution is 2.14. The molecule has 0 spiro atoms. The molecule has 0 aromatic heterocycles. The molecule has 3 amide bonds. The predicted octanol–water partition coefficient (Wildman–Crippen LogP) is 0.572. The van der Waals surface area contributed by atoms with Crippen molar-refractivity contribution in [3.8, 4) is 5.75 Å². The van der Waals surface area contributed by atoms with Gasteiger partial charge in [-0.2, -0.15) is 0 Å². The first-order valence-corrected chi connectivity index (χ1v) is 4.28. The van der Waals surface area contributed by atoms with Crippen LogP contribution in [-0.2, 0) is 4.79 Å². The second kappa shape index (κ2) is 3.45. The Morgan fingerprint density at radius 1 is 1.20 bits per heavy atom. The number of carbonyl (C=O) groups excluding carboxylic acids is 2. The van der Waals surface area contributed by atoms with Crippen molar-refractivity contribution in [2.24, 2.45) is 0 Å². The Morgan fingerprint density at radius 3 is 2.60 bits per heavy atom. The van der Waals surface area contributed by atoms with Crippen LogP contribution in [0.1, 0.15) is 5.56 Å². The van der Waals surface area contributed by atoms with Crippen LogP contribution < -0.4 is 10.6 Å². The number of phenols is 1. The van der Waals surface area contributed by atoms with Crippen molar-refractivity contribution >= 4 is 18.0 Å². The van der Waals surface area contributed by atoms with Crippen molar-refractivity contribution < 1.29 is 14.7 Å². The van der Waals surface area contributed by atoms with Crippen molar-refractivity contribution in [3.05, 3.63) is 35.5 Å². The topological polar surface area (TPSA) is 78.4 Å². The number of urea groups is 1. The zero-order valence-corrected chi connectivity index (χ0v) is 7.65. The maximum Gasteiger partial charge on any atom is 0.326 e. The molecule has 1 aliphatic rings. The maximum atomic E-state index is 11.1. The van der Waals surface area contributed by atoms with E-state index in [0.29, 0.717) is 5.56 Å². The molecular weight excluding hydrogens is 196 g/mol. The molecule has 1 aromatic rings. The van der Waals surface area contributed by atoms with Crippen molar-refractivity contribution in [2.45, 2.75) is 0 Å². The zero-order chi connectivity index (χ0) is 10.8. The van der Waals surface area contributed by atoms with E-state index >= 15 is 0 Å². The van der Waals surface area contributed by atoms with Gasteiger partial charge in [-0.25, -0.2) is 4.79 Å². The Balaban J connectivity index is 2.31. The van der Waals surface area contributed by atoms with Crippen molar-refractivity contribution in [2.75, 3.05) is 0 Å². The molecule has 15 heavy (non-hydrogen) atoms. The molecule has 5 heteroatoms. The minimum atomic E-state index is -0.536. The third kappa shape index (κ3) is 1.96. The van der Waals surface area contributed by atoms with Gasteiger partial charge in [0.1, 0.15) is 11.4 Å². The number of hydrogen-bond acceptors (Lipinski definition) is 3. The summed E-state index contributed by atoms with van der Waals surface area (Å²) in [5.74, 6) is -0.363. The molecule has 0 bridgehead atoms. The highest BCUT2D eigenvalue weighted by atomic mass is 16.3. The van der Waals surface area contributed by atoms with Crippen LogP contribution in [0.2, 0.25) is 0 Å². The van der Waals surface area contributed by atoms with Crippen LogP contribution in [-0.4, -0.2) is 17.0 Å². The summed E-state index contributed by atoms with van der Waals surface area (Å²) < 4.78 is 0. The average Bonchev–Trinajstić information content (AvgIpc) is 2.45. The van der Waals surface area contributed by atoms with Gasteiger partial charge in [-0.15, -0.1) is 0 Å². The van der Waals surface area contributed by atoms with Gasteiger partial charge in [0.2, 0.25) is 0 Å². The van der Waals surface area contributed by atoms with Crippen molar-refractivity contribution in [1.82, 2.24) is 10.6 Å². The van der Waals surface area contributed by atoms with Crippen LogP contribution >= 0.6 is 0 Å². The van der Waals surface area contributed by atoms with E-state index in [2.05, 4.69) is 10.6 Å². The smallest absolute Gasteiger partial charge is 0.326 e. The lowest BCUT2D eigenvalue weighted by molar-refractivity contribution is -0.115. The Kier molecular flexibility index (Phi) is 2.13. The van der Waals surface area contributed by atoms with E-state index < -0.39 is 11.9 Å². The maximum absolute atomic E-state index is 11.1. The molecule has 0 saturated carbocycles. The number of carbonyl (C=O) groups is 2. The first-order valence-electron chi connectivity index (χ1n) is 4.28. The van der Waals surface area contributed by atoms with Gasteiger partial charge >= 0.3 is 6.03 Å². The molecule has 0 atom stereocenters. The van der Waals surface area contributed by atoms with Gasteiger partial charge in [-0.05, 0) is 23.8 Å². The van der Waals surface area contributed by atoms with Gasteiger partial charge in [0, 0.05) is 0 Å². The third-order valence-electron chi connectivity index (χ3n) is 1.90. The number of nitrogens with one attached hydrogen (secondary N) is 2. The molecule has 0 unspecified atom stereocenters. The van der Waals surface area contributed by atoms with Gasteiger partial charge < -0.3 is 10.4 Å². The highest BCUT2D eigenvalue weighted by Gasteiger charge is 2.22. The number of aromatic hydroxyl groups is 1. The highest BCUT2D eigenvalue weighted by molar-refractivity contribution is 6.13. The van der Waals surface area contributed by atoms with Crippen molar-refractivity contribution in [3.63, 3.8) is 0 Å². The molecular formula is C10H8N2O3. The van der Waals surface area contributed by atoms with Crippen LogP contribution in [0.3, 0.4) is 0 Å².